The van der Waals surface area contributed by atoms with Gasteiger partial charge in [0, 0.05) is 12.6 Å². The lowest BCUT2D eigenvalue weighted by atomic mass is 10.1. The molecule has 0 N–H and O–H groups in total. The summed E-state index contributed by atoms with van der Waals surface area (Å²) in [6, 6.07) is 1.62. The van der Waals surface area contributed by atoms with Gasteiger partial charge in [-0.15, -0.1) is 0 Å². The second-order valence-electron chi connectivity index (χ2n) is 4.15. The smallest absolute Gasteiger partial charge is 0.330 e. The summed E-state index contributed by atoms with van der Waals surface area (Å²) in [7, 11) is 0. The van der Waals surface area contributed by atoms with Crippen molar-refractivity contribution in [2.45, 2.75) is 6.92 Å². The maximum absolute atomic E-state index is 13.7. The Kier molecular flexibility index (Phi) is 4.11. The first-order valence-corrected chi connectivity index (χ1v) is 6.14. The molecule has 21 heavy (non-hydrogen) atoms. The Hall–Kier alpha value is -2.57. The maximum atomic E-state index is 13.7. The van der Waals surface area contributed by atoms with Crippen molar-refractivity contribution in [3.8, 4) is 0 Å². The van der Waals surface area contributed by atoms with E-state index < -0.39 is 40.5 Å². The third-order valence-corrected chi connectivity index (χ3v) is 2.84. The highest BCUT2D eigenvalue weighted by atomic mass is 19.1. The summed E-state index contributed by atoms with van der Waals surface area (Å²) in [5.41, 5.74) is -0.983. The number of esters is 1. The third kappa shape index (κ3) is 2.67. The number of halogens is 2. The Labute approximate surface area is 118 Å². The van der Waals surface area contributed by atoms with E-state index in [-0.39, 0.29) is 13.2 Å². The van der Waals surface area contributed by atoms with Gasteiger partial charge in [-0.05, 0) is 19.1 Å². The van der Waals surface area contributed by atoms with Gasteiger partial charge in [-0.25, -0.2) is 13.6 Å². The number of rotatable bonds is 4. The van der Waals surface area contributed by atoms with Crippen molar-refractivity contribution >= 4 is 23.3 Å². The lowest BCUT2D eigenvalue weighted by molar-refractivity contribution is -0.137. The molecule has 0 radical (unpaired) electrons. The molecule has 1 aromatic carbocycles. The molecule has 0 fully saturated rings. The normalized spacial score (nSPS) is 14.0. The Balaban J connectivity index is 2.28. The van der Waals surface area contributed by atoms with E-state index in [4.69, 9.17) is 0 Å². The SMILES string of the molecule is CCOC(=O)/C=C/CN1C(=O)C(=O)c2c(F)ccc(F)c21. The van der Waals surface area contributed by atoms with E-state index in [9.17, 15) is 23.2 Å². The van der Waals surface area contributed by atoms with Crippen LogP contribution in [0.25, 0.3) is 0 Å². The van der Waals surface area contributed by atoms with Crippen LogP contribution in [0.4, 0.5) is 14.5 Å². The number of ketones is 1. The minimum atomic E-state index is -1.11. The van der Waals surface area contributed by atoms with E-state index in [1.807, 2.05) is 0 Å². The van der Waals surface area contributed by atoms with Gasteiger partial charge < -0.3 is 4.74 Å². The first kappa shape index (κ1) is 14.8. The molecule has 0 aliphatic carbocycles. The van der Waals surface area contributed by atoms with Crippen molar-refractivity contribution in [3.05, 3.63) is 41.5 Å². The fourth-order valence-electron chi connectivity index (χ4n) is 1.97. The highest BCUT2D eigenvalue weighted by molar-refractivity contribution is 6.52. The first-order valence-electron chi connectivity index (χ1n) is 6.14. The van der Waals surface area contributed by atoms with E-state index in [1.165, 1.54) is 6.08 Å². The van der Waals surface area contributed by atoms with Gasteiger partial charge >= 0.3 is 5.97 Å². The van der Waals surface area contributed by atoms with E-state index in [0.29, 0.717) is 0 Å². The maximum Gasteiger partial charge on any atom is 0.330 e. The molecule has 0 bridgehead atoms. The van der Waals surface area contributed by atoms with Crippen LogP contribution in [0.5, 0.6) is 0 Å². The van der Waals surface area contributed by atoms with Gasteiger partial charge in [0.2, 0.25) is 0 Å². The second kappa shape index (κ2) is 5.82. The van der Waals surface area contributed by atoms with Crippen LogP contribution in [-0.4, -0.2) is 30.8 Å². The largest absolute Gasteiger partial charge is 0.463 e. The van der Waals surface area contributed by atoms with E-state index in [2.05, 4.69) is 4.74 Å². The van der Waals surface area contributed by atoms with Crippen LogP contribution >= 0.6 is 0 Å². The third-order valence-electron chi connectivity index (χ3n) is 2.84. The molecule has 1 aromatic rings. The number of benzene rings is 1. The molecule has 5 nitrogen and oxygen atoms in total. The van der Waals surface area contributed by atoms with Gasteiger partial charge in [0.05, 0.1) is 17.9 Å². The lowest BCUT2D eigenvalue weighted by Gasteiger charge is -2.14. The van der Waals surface area contributed by atoms with Crippen molar-refractivity contribution in [2.75, 3.05) is 18.1 Å². The fourth-order valence-corrected chi connectivity index (χ4v) is 1.97. The second-order valence-corrected chi connectivity index (χ2v) is 4.15. The molecule has 1 aliphatic rings. The molecule has 0 unspecified atom stereocenters. The van der Waals surface area contributed by atoms with Gasteiger partial charge in [-0.2, -0.15) is 0 Å². The molecular formula is C14H11F2NO4. The molecule has 0 saturated heterocycles. The van der Waals surface area contributed by atoms with Crippen LogP contribution in [0.1, 0.15) is 17.3 Å². The van der Waals surface area contributed by atoms with Crippen LogP contribution in [0.2, 0.25) is 0 Å². The number of hydrogen-bond acceptors (Lipinski definition) is 4. The average Bonchev–Trinajstić information content (AvgIpc) is 2.69. The minimum Gasteiger partial charge on any atom is -0.463 e. The van der Waals surface area contributed by atoms with Crippen LogP contribution in [0.15, 0.2) is 24.3 Å². The van der Waals surface area contributed by atoms with Crippen LogP contribution in [0.3, 0.4) is 0 Å². The zero-order chi connectivity index (χ0) is 15.6. The molecule has 110 valence electrons. The van der Waals surface area contributed by atoms with Crippen molar-refractivity contribution in [1.29, 1.82) is 0 Å². The average molecular weight is 295 g/mol. The van der Waals surface area contributed by atoms with Crippen molar-refractivity contribution in [2.24, 2.45) is 0 Å². The predicted octanol–water partition coefficient (Wildman–Crippen LogP) is 1.61. The predicted molar refractivity (Wildman–Crippen MR) is 68.8 cm³/mol. The summed E-state index contributed by atoms with van der Waals surface area (Å²) < 4.78 is 31.9. The molecule has 2 rings (SSSR count). The number of amides is 1. The Bertz CT molecular complexity index is 655. The number of carbonyl (C=O) groups is 3. The summed E-state index contributed by atoms with van der Waals surface area (Å²) in [5.74, 6) is -4.61. The number of anilines is 1. The van der Waals surface area contributed by atoms with Gasteiger partial charge in [0.25, 0.3) is 11.7 Å². The molecule has 1 aliphatic heterocycles. The van der Waals surface area contributed by atoms with E-state index >= 15 is 0 Å². The highest BCUT2D eigenvalue weighted by Gasteiger charge is 2.39. The summed E-state index contributed by atoms with van der Waals surface area (Å²) in [6.45, 7) is 1.58. The zero-order valence-corrected chi connectivity index (χ0v) is 11.1. The Morgan fingerprint density at radius 1 is 1.29 bits per heavy atom. The molecule has 0 saturated carbocycles. The van der Waals surface area contributed by atoms with Crippen LogP contribution < -0.4 is 4.90 Å². The van der Waals surface area contributed by atoms with Gasteiger partial charge in [0.15, 0.2) is 0 Å². The van der Waals surface area contributed by atoms with Gasteiger partial charge in [-0.1, -0.05) is 6.08 Å². The Morgan fingerprint density at radius 2 is 1.95 bits per heavy atom. The summed E-state index contributed by atoms with van der Waals surface area (Å²) in [4.78, 5) is 35.3. The number of ether oxygens (including phenoxy) is 1. The number of Topliss-reactive ketones (excluding diaryl/α,β-unsaturated/α-hetero) is 1. The summed E-state index contributed by atoms with van der Waals surface area (Å²) >= 11 is 0. The molecule has 1 amide bonds. The number of hydrogen-bond donors (Lipinski definition) is 0. The van der Waals surface area contributed by atoms with Crippen molar-refractivity contribution < 1.29 is 27.9 Å². The molecule has 0 aromatic heterocycles. The standard InChI is InChI=1S/C14H11F2NO4/c1-2-21-10(18)4-3-7-17-12-9(16)6-5-8(15)11(12)13(19)14(17)20/h3-6H,2,7H2,1H3/b4-3+. The fraction of sp³-hybridized carbons (Fsp3) is 0.214. The van der Waals surface area contributed by atoms with Crippen molar-refractivity contribution in [1.82, 2.24) is 0 Å². The monoisotopic (exact) mass is 295 g/mol. The van der Waals surface area contributed by atoms with E-state index in [0.717, 1.165) is 23.1 Å². The first-order chi connectivity index (χ1) is 9.97. The lowest BCUT2D eigenvalue weighted by Crippen LogP contribution is -2.30. The highest BCUT2D eigenvalue weighted by Crippen LogP contribution is 2.33. The topological polar surface area (TPSA) is 63.7 Å². The minimum absolute atomic E-state index is 0.187. The van der Waals surface area contributed by atoms with Crippen LogP contribution in [0, 0.1) is 11.6 Å². The van der Waals surface area contributed by atoms with E-state index in [1.54, 1.807) is 6.92 Å². The Morgan fingerprint density at radius 3 is 2.62 bits per heavy atom. The summed E-state index contributed by atoms with van der Waals surface area (Å²) in [6.07, 6.45) is 2.29. The van der Waals surface area contributed by atoms with Gasteiger partial charge in [-0.3, -0.25) is 14.5 Å². The molecular weight excluding hydrogens is 284 g/mol. The van der Waals surface area contributed by atoms with Crippen LogP contribution in [-0.2, 0) is 14.3 Å². The molecule has 1 heterocycles. The molecule has 7 heteroatoms. The van der Waals surface area contributed by atoms with Gasteiger partial charge in [0.1, 0.15) is 11.6 Å². The quantitative estimate of drug-likeness (QED) is 0.481. The molecule has 0 spiro atoms. The summed E-state index contributed by atoms with van der Waals surface area (Å²) in [5, 5.41) is 0. The number of nitrogens with zero attached hydrogens (tertiary/aromatic N) is 1. The zero-order valence-electron chi connectivity index (χ0n) is 11.1. The molecule has 0 atom stereocenters. The van der Waals surface area contributed by atoms with Crippen molar-refractivity contribution in [3.63, 3.8) is 0 Å². The number of carbonyl (C=O) groups excluding carboxylic acids is 3. The number of fused-ring (bicyclic) bond motifs is 1.